The van der Waals surface area contributed by atoms with Crippen LogP contribution in [0.2, 0.25) is 0 Å². The molecule has 0 aliphatic carbocycles. The number of cyclic esters (lactones) is 1. The van der Waals surface area contributed by atoms with E-state index in [1.165, 1.54) is 16.4 Å². The molecule has 0 spiro atoms. The standard InChI is InChI=1S/C17H15NO3/c19-16(18-9-10-21-17(20)12-18)8-6-13-5-7-14-3-1-2-4-15(14)11-13/h1-8,11H,9-10,12H2/b8-6+. The second kappa shape index (κ2) is 5.79. The maximum Gasteiger partial charge on any atom is 0.325 e. The van der Waals surface area contributed by atoms with E-state index in [1.807, 2.05) is 42.5 Å². The third-order valence-corrected chi connectivity index (χ3v) is 3.45. The van der Waals surface area contributed by atoms with Crippen LogP contribution in [-0.4, -0.2) is 36.5 Å². The molecule has 3 rings (SSSR count). The highest BCUT2D eigenvalue weighted by molar-refractivity contribution is 5.95. The van der Waals surface area contributed by atoms with Gasteiger partial charge in [0.2, 0.25) is 5.91 Å². The van der Waals surface area contributed by atoms with Gasteiger partial charge < -0.3 is 9.64 Å². The molecule has 2 aromatic rings. The van der Waals surface area contributed by atoms with Crippen molar-refractivity contribution in [1.29, 1.82) is 0 Å². The highest BCUT2D eigenvalue weighted by atomic mass is 16.5. The van der Waals surface area contributed by atoms with Crippen molar-refractivity contribution in [3.63, 3.8) is 0 Å². The van der Waals surface area contributed by atoms with Gasteiger partial charge in [-0.05, 0) is 28.5 Å². The van der Waals surface area contributed by atoms with Crippen LogP contribution >= 0.6 is 0 Å². The fourth-order valence-corrected chi connectivity index (χ4v) is 2.32. The maximum absolute atomic E-state index is 12.0. The summed E-state index contributed by atoms with van der Waals surface area (Å²) < 4.78 is 4.81. The zero-order valence-electron chi connectivity index (χ0n) is 11.5. The van der Waals surface area contributed by atoms with Gasteiger partial charge in [0, 0.05) is 6.08 Å². The summed E-state index contributed by atoms with van der Waals surface area (Å²) in [4.78, 5) is 24.7. The molecule has 1 aliphatic heterocycles. The lowest BCUT2D eigenvalue weighted by Gasteiger charge is -2.24. The first-order valence-electron chi connectivity index (χ1n) is 6.84. The van der Waals surface area contributed by atoms with Crippen molar-refractivity contribution in [2.45, 2.75) is 0 Å². The lowest BCUT2D eigenvalue weighted by atomic mass is 10.1. The number of hydrogen-bond acceptors (Lipinski definition) is 3. The minimum absolute atomic E-state index is 0.0287. The number of carbonyl (C=O) groups excluding carboxylic acids is 2. The Kier molecular flexibility index (Phi) is 3.69. The zero-order valence-corrected chi connectivity index (χ0v) is 11.5. The molecule has 2 aromatic carbocycles. The molecule has 0 atom stereocenters. The van der Waals surface area contributed by atoms with Gasteiger partial charge in [-0.2, -0.15) is 0 Å². The number of nitrogens with zero attached hydrogens (tertiary/aromatic N) is 1. The molecule has 1 heterocycles. The Hall–Kier alpha value is -2.62. The van der Waals surface area contributed by atoms with Gasteiger partial charge in [-0.15, -0.1) is 0 Å². The number of carbonyl (C=O) groups is 2. The average Bonchev–Trinajstić information content (AvgIpc) is 2.52. The molecule has 0 N–H and O–H groups in total. The van der Waals surface area contributed by atoms with Crippen molar-refractivity contribution in [3.05, 3.63) is 54.1 Å². The van der Waals surface area contributed by atoms with Gasteiger partial charge in [0.05, 0.1) is 6.54 Å². The molecule has 106 valence electrons. The first-order valence-corrected chi connectivity index (χ1v) is 6.84. The Labute approximate surface area is 122 Å². The van der Waals surface area contributed by atoms with E-state index in [2.05, 4.69) is 0 Å². The number of hydrogen-bond donors (Lipinski definition) is 0. The van der Waals surface area contributed by atoms with Crippen molar-refractivity contribution in [3.8, 4) is 0 Å². The fraction of sp³-hybridized carbons (Fsp3) is 0.176. The Morgan fingerprint density at radius 2 is 1.95 bits per heavy atom. The molecule has 4 nitrogen and oxygen atoms in total. The number of benzene rings is 2. The largest absolute Gasteiger partial charge is 0.462 e. The van der Waals surface area contributed by atoms with Crippen LogP contribution in [0.3, 0.4) is 0 Å². The van der Waals surface area contributed by atoms with Crippen LogP contribution in [0.4, 0.5) is 0 Å². The molecule has 1 aliphatic rings. The molecule has 0 bridgehead atoms. The van der Waals surface area contributed by atoms with E-state index in [1.54, 1.807) is 6.08 Å². The van der Waals surface area contributed by atoms with E-state index in [0.717, 1.165) is 10.9 Å². The van der Waals surface area contributed by atoms with Crippen molar-refractivity contribution < 1.29 is 14.3 Å². The van der Waals surface area contributed by atoms with E-state index in [0.29, 0.717) is 6.54 Å². The van der Waals surface area contributed by atoms with E-state index >= 15 is 0 Å². The third-order valence-electron chi connectivity index (χ3n) is 3.45. The van der Waals surface area contributed by atoms with E-state index in [9.17, 15) is 9.59 Å². The minimum atomic E-state index is -0.353. The Morgan fingerprint density at radius 1 is 1.14 bits per heavy atom. The van der Waals surface area contributed by atoms with Crippen LogP contribution in [0.5, 0.6) is 0 Å². The number of amides is 1. The molecular weight excluding hydrogens is 266 g/mol. The SMILES string of the molecule is O=C1CN(C(=O)/C=C/c2ccc3ccccc3c2)CCO1. The summed E-state index contributed by atoms with van der Waals surface area (Å²) >= 11 is 0. The summed E-state index contributed by atoms with van der Waals surface area (Å²) in [6.07, 6.45) is 3.28. The molecule has 4 heteroatoms. The summed E-state index contributed by atoms with van der Waals surface area (Å²) in [5, 5.41) is 2.30. The summed E-state index contributed by atoms with van der Waals surface area (Å²) in [7, 11) is 0. The van der Waals surface area contributed by atoms with Crippen molar-refractivity contribution in [2.24, 2.45) is 0 Å². The number of ether oxygens (including phenoxy) is 1. The minimum Gasteiger partial charge on any atom is -0.462 e. The Balaban J connectivity index is 1.74. The summed E-state index contributed by atoms with van der Waals surface area (Å²) in [5.41, 5.74) is 0.960. The normalized spacial score (nSPS) is 15.4. The number of morpholine rings is 1. The highest BCUT2D eigenvalue weighted by Crippen LogP contribution is 2.16. The second-order valence-electron chi connectivity index (χ2n) is 4.92. The number of fused-ring (bicyclic) bond motifs is 1. The van der Waals surface area contributed by atoms with Crippen molar-refractivity contribution in [1.82, 2.24) is 4.90 Å². The van der Waals surface area contributed by atoms with Crippen LogP contribution in [0, 0.1) is 0 Å². The Morgan fingerprint density at radius 3 is 2.76 bits per heavy atom. The summed E-state index contributed by atoms with van der Waals surface area (Å²) in [5.74, 6) is -0.520. The predicted molar refractivity (Wildman–Crippen MR) is 80.5 cm³/mol. The average molecular weight is 281 g/mol. The number of rotatable bonds is 2. The molecule has 1 saturated heterocycles. The first-order chi connectivity index (χ1) is 10.2. The molecule has 0 radical (unpaired) electrons. The van der Waals surface area contributed by atoms with Gasteiger partial charge in [0.15, 0.2) is 0 Å². The smallest absolute Gasteiger partial charge is 0.325 e. The molecule has 21 heavy (non-hydrogen) atoms. The van der Waals surface area contributed by atoms with Crippen LogP contribution < -0.4 is 0 Å². The highest BCUT2D eigenvalue weighted by Gasteiger charge is 2.20. The monoisotopic (exact) mass is 281 g/mol. The molecular formula is C17H15NO3. The van der Waals surface area contributed by atoms with E-state index in [4.69, 9.17) is 4.74 Å². The molecule has 0 unspecified atom stereocenters. The van der Waals surface area contributed by atoms with Crippen molar-refractivity contribution in [2.75, 3.05) is 19.7 Å². The summed E-state index contributed by atoms with van der Waals surface area (Å²) in [6.45, 7) is 0.752. The molecule has 1 fully saturated rings. The quantitative estimate of drug-likeness (QED) is 0.626. The van der Waals surface area contributed by atoms with Gasteiger partial charge in [0.25, 0.3) is 0 Å². The van der Waals surface area contributed by atoms with E-state index < -0.39 is 0 Å². The van der Waals surface area contributed by atoms with Crippen LogP contribution in [0.25, 0.3) is 16.8 Å². The lowest BCUT2D eigenvalue weighted by molar-refractivity contribution is -0.154. The van der Waals surface area contributed by atoms with Crippen molar-refractivity contribution >= 4 is 28.7 Å². The molecule has 1 amide bonds. The van der Waals surface area contributed by atoms with Crippen LogP contribution in [0.1, 0.15) is 5.56 Å². The third kappa shape index (κ3) is 3.11. The molecule has 0 saturated carbocycles. The second-order valence-corrected chi connectivity index (χ2v) is 4.92. The molecule has 0 aromatic heterocycles. The lowest BCUT2D eigenvalue weighted by Crippen LogP contribution is -2.42. The van der Waals surface area contributed by atoms with Gasteiger partial charge in [-0.1, -0.05) is 36.4 Å². The van der Waals surface area contributed by atoms with Crippen LogP contribution in [-0.2, 0) is 14.3 Å². The van der Waals surface area contributed by atoms with Gasteiger partial charge in [-0.3, -0.25) is 9.59 Å². The topological polar surface area (TPSA) is 46.6 Å². The first kappa shape index (κ1) is 13.4. The number of esters is 1. The predicted octanol–water partition coefficient (Wildman–Crippen LogP) is 2.24. The zero-order chi connectivity index (χ0) is 14.7. The maximum atomic E-state index is 12.0. The fourth-order valence-electron chi connectivity index (χ4n) is 2.32. The summed E-state index contributed by atoms with van der Waals surface area (Å²) in [6, 6.07) is 14.1. The Bertz CT molecular complexity index is 721. The van der Waals surface area contributed by atoms with E-state index in [-0.39, 0.29) is 25.0 Å². The van der Waals surface area contributed by atoms with Gasteiger partial charge in [-0.25, -0.2) is 0 Å². The van der Waals surface area contributed by atoms with Crippen LogP contribution in [0.15, 0.2) is 48.5 Å². The van der Waals surface area contributed by atoms with Gasteiger partial charge >= 0.3 is 5.97 Å². The van der Waals surface area contributed by atoms with Gasteiger partial charge in [0.1, 0.15) is 13.2 Å².